The number of benzene rings is 1. The van der Waals surface area contributed by atoms with Gasteiger partial charge in [-0.1, -0.05) is 28.9 Å². The second-order valence-corrected chi connectivity index (χ2v) is 5.95. The average Bonchev–Trinajstić information content (AvgIpc) is 2.45. The van der Waals surface area contributed by atoms with Crippen LogP contribution >= 0.6 is 15.9 Å². The van der Waals surface area contributed by atoms with Gasteiger partial charge < -0.3 is 11.1 Å². The fourth-order valence-electron chi connectivity index (χ4n) is 2.69. The van der Waals surface area contributed by atoms with Crippen LogP contribution in [-0.4, -0.2) is 15.9 Å². The molecular weight excluding hydrogens is 351 g/mol. The lowest BCUT2D eigenvalue weighted by Gasteiger charge is -2.27. The second-order valence-electron chi connectivity index (χ2n) is 5.10. The number of nitrogens with one attached hydrogen (secondary N) is 1. The number of hydrogen-bond donors (Lipinski definition) is 2. The summed E-state index contributed by atoms with van der Waals surface area (Å²) in [5.41, 5.74) is 8.32. The summed E-state index contributed by atoms with van der Waals surface area (Å²) in [5.74, 6) is -0.389. The lowest BCUT2D eigenvalue weighted by atomic mass is 9.93. The topological polar surface area (TPSA) is 80.9 Å². The zero-order chi connectivity index (χ0) is 15.9. The number of carbonyl (C=O) groups excluding carboxylic acids is 1. The largest absolute Gasteiger partial charge is 0.368 e. The van der Waals surface area contributed by atoms with E-state index in [0.717, 1.165) is 5.56 Å². The predicted molar refractivity (Wildman–Crippen MR) is 83.8 cm³/mol. The molecule has 1 aliphatic heterocycles. The molecule has 1 aromatic heterocycles. The van der Waals surface area contributed by atoms with Gasteiger partial charge >= 0.3 is 0 Å². The molecule has 3 rings (SSSR count). The lowest BCUT2D eigenvalue weighted by Crippen LogP contribution is -2.37. The van der Waals surface area contributed by atoms with Gasteiger partial charge in [0, 0.05) is 10.9 Å². The molecule has 2 heterocycles. The van der Waals surface area contributed by atoms with Crippen molar-refractivity contribution in [3.63, 3.8) is 0 Å². The molecule has 22 heavy (non-hydrogen) atoms. The molecular formula is C15H14BrFN4O. The van der Waals surface area contributed by atoms with E-state index < -0.39 is 0 Å². The Bertz CT molecular complexity index is 765. The van der Waals surface area contributed by atoms with Crippen LogP contribution in [0.5, 0.6) is 0 Å². The quantitative estimate of drug-likeness (QED) is 0.857. The minimum atomic E-state index is -0.335. The summed E-state index contributed by atoms with van der Waals surface area (Å²) in [7, 11) is 0. The number of nitrogen functional groups attached to an aromatic ring is 1. The first-order valence-corrected chi connectivity index (χ1v) is 7.70. The maximum absolute atomic E-state index is 13.2. The van der Waals surface area contributed by atoms with Gasteiger partial charge in [0.05, 0.1) is 23.0 Å². The molecule has 1 aromatic carbocycles. The molecule has 7 heteroatoms. The van der Waals surface area contributed by atoms with Gasteiger partial charge in [-0.15, -0.1) is 0 Å². The van der Waals surface area contributed by atoms with Crippen molar-refractivity contribution < 1.29 is 9.18 Å². The van der Waals surface area contributed by atoms with Crippen molar-refractivity contribution in [3.8, 4) is 0 Å². The van der Waals surface area contributed by atoms with E-state index in [0.29, 0.717) is 34.3 Å². The zero-order valence-corrected chi connectivity index (χ0v) is 13.4. The van der Waals surface area contributed by atoms with Crippen molar-refractivity contribution in [1.82, 2.24) is 15.3 Å². The Balaban J connectivity index is 2.04. The van der Waals surface area contributed by atoms with E-state index in [1.807, 2.05) is 6.92 Å². The van der Waals surface area contributed by atoms with Gasteiger partial charge in [0.2, 0.25) is 5.95 Å². The predicted octanol–water partition coefficient (Wildman–Crippen LogP) is 2.55. The number of nitrogens with zero attached hydrogens (tertiary/aromatic N) is 2. The summed E-state index contributed by atoms with van der Waals surface area (Å²) in [5, 5.41) is 2.93. The summed E-state index contributed by atoms with van der Waals surface area (Å²) >= 11 is 3.34. The molecule has 114 valence electrons. The van der Waals surface area contributed by atoms with Crippen LogP contribution in [0.4, 0.5) is 10.3 Å². The Morgan fingerprint density at radius 3 is 2.91 bits per heavy atom. The minimum absolute atomic E-state index is 0.169. The van der Waals surface area contributed by atoms with Crippen molar-refractivity contribution in [2.75, 3.05) is 5.73 Å². The van der Waals surface area contributed by atoms with E-state index >= 15 is 0 Å². The summed E-state index contributed by atoms with van der Waals surface area (Å²) in [6, 6.07) is 4.12. The first-order chi connectivity index (χ1) is 10.5. The Hall–Kier alpha value is -2.02. The molecule has 3 N–H and O–H groups in total. The summed E-state index contributed by atoms with van der Waals surface area (Å²) in [4.78, 5) is 20.8. The van der Waals surface area contributed by atoms with Gasteiger partial charge in [-0.25, -0.2) is 14.4 Å². The van der Waals surface area contributed by atoms with Crippen molar-refractivity contribution in [1.29, 1.82) is 0 Å². The first-order valence-electron chi connectivity index (χ1n) is 6.90. The number of amides is 1. The standard InChI is InChI=1S/C15H14BrFN4O/c1-2-10-13-12(21-15(18)20-10)6-11(19-14(13)22)8-4-3-7(17)5-9(8)16/h3-5,11H,2,6H2,1H3,(H,19,22)(H2,18,20,21). The van der Waals surface area contributed by atoms with Crippen LogP contribution in [-0.2, 0) is 12.8 Å². The van der Waals surface area contributed by atoms with E-state index in [2.05, 4.69) is 31.2 Å². The third-order valence-electron chi connectivity index (χ3n) is 3.68. The first kappa shape index (κ1) is 14.9. The molecule has 0 fully saturated rings. The highest BCUT2D eigenvalue weighted by atomic mass is 79.9. The van der Waals surface area contributed by atoms with E-state index in [1.54, 1.807) is 6.07 Å². The molecule has 1 amide bonds. The Kier molecular flexibility index (Phi) is 3.82. The van der Waals surface area contributed by atoms with Gasteiger partial charge in [-0.3, -0.25) is 4.79 Å². The number of carbonyl (C=O) groups is 1. The number of aryl methyl sites for hydroxylation is 1. The van der Waals surface area contributed by atoms with Crippen LogP contribution in [0.1, 0.15) is 40.3 Å². The number of hydrogen-bond acceptors (Lipinski definition) is 4. The Morgan fingerprint density at radius 1 is 1.45 bits per heavy atom. The van der Waals surface area contributed by atoms with Gasteiger partial charge in [-0.2, -0.15) is 0 Å². The highest BCUT2D eigenvalue weighted by Gasteiger charge is 2.30. The van der Waals surface area contributed by atoms with Gasteiger partial charge in [0.25, 0.3) is 5.91 Å². The average molecular weight is 365 g/mol. The molecule has 1 unspecified atom stereocenters. The second kappa shape index (κ2) is 5.64. The van der Waals surface area contributed by atoms with E-state index in [1.165, 1.54) is 12.1 Å². The molecule has 0 aliphatic carbocycles. The van der Waals surface area contributed by atoms with Crippen LogP contribution < -0.4 is 11.1 Å². The SMILES string of the molecule is CCc1nc(N)nc2c1C(=O)NC(c1ccc(F)cc1Br)C2. The van der Waals surface area contributed by atoms with Crippen molar-refractivity contribution >= 4 is 27.8 Å². The lowest BCUT2D eigenvalue weighted by molar-refractivity contribution is 0.0922. The van der Waals surface area contributed by atoms with Gasteiger partial charge in [0.1, 0.15) is 5.82 Å². The third-order valence-corrected chi connectivity index (χ3v) is 4.37. The summed E-state index contributed by atoms with van der Waals surface area (Å²) in [6.07, 6.45) is 1.10. The molecule has 5 nitrogen and oxygen atoms in total. The smallest absolute Gasteiger partial charge is 0.255 e. The highest BCUT2D eigenvalue weighted by molar-refractivity contribution is 9.10. The van der Waals surface area contributed by atoms with Crippen molar-refractivity contribution in [2.24, 2.45) is 0 Å². The maximum atomic E-state index is 13.2. The van der Waals surface area contributed by atoms with Crippen LogP contribution in [0.2, 0.25) is 0 Å². The molecule has 1 atom stereocenters. The third kappa shape index (κ3) is 2.56. The summed E-state index contributed by atoms with van der Waals surface area (Å²) in [6.45, 7) is 1.91. The van der Waals surface area contributed by atoms with Crippen molar-refractivity contribution in [2.45, 2.75) is 25.8 Å². The molecule has 2 aromatic rings. The molecule has 0 spiro atoms. The maximum Gasteiger partial charge on any atom is 0.255 e. The van der Waals surface area contributed by atoms with Crippen LogP contribution in [0, 0.1) is 5.82 Å². The monoisotopic (exact) mass is 364 g/mol. The normalized spacial score (nSPS) is 17.0. The highest BCUT2D eigenvalue weighted by Crippen LogP contribution is 2.31. The number of aromatic nitrogens is 2. The number of rotatable bonds is 2. The number of halogens is 2. The van der Waals surface area contributed by atoms with E-state index in [-0.39, 0.29) is 23.7 Å². The fourth-order valence-corrected chi connectivity index (χ4v) is 3.32. The van der Waals surface area contributed by atoms with E-state index in [9.17, 15) is 9.18 Å². The zero-order valence-electron chi connectivity index (χ0n) is 11.9. The van der Waals surface area contributed by atoms with E-state index in [4.69, 9.17) is 5.73 Å². The molecule has 0 bridgehead atoms. The fraction of sp³-hybridized carbons (Fsp3) is 0.267. The van der Waals surface area contributed by atoms with Crippen LogP contribution in [0.25, 0.3) is 0 Å². The van der Waals surface area contributed by atoms with Crippen LogP contribution in [0.3, 0.4) is 0 Å². The minimum Gasteiger partial charge on any atom is -0.368 e. The number of nitrogens with two attached hydrogens (primary N) is 1. The van der Waals surface area contributed by atoms with Gasteiger partial charge in [-0.05, 0) is 24.1 Å². The van der Waals surface area contributed by atoms with Crippen molar-refractivity contribution in [3.05, 3.63) is 51.0 Å². The Morgan fingerprint density at radius 2 is 2.23 bits per heavy atom. The molecule has 0 radical (unpaired) electrons. The number of anilines is 1. The molecule has 0 saturated heterocycles. The molecule has 0 saturated carbocycles. The number of fused-ring (bicyclic) bond motifs is 1. The van der Waals surface area contributed by atoms with Gasteiger partial charge in [0.15, 0.2) is 0 Å². The Labute approximate surface area is 135 Å². The van der Waals surface area contributed by atoms with Crippen LogP contribution in [0.15, 0.2) is 22.7 Å². The summed E-state index contributed by atoms with van der Waals surface area (Å²) < 4.78 is 13.8. The molecule has 1 aliphatic rings.